The number of anilines is 4. The average molecular weight is 1250 g/mol. The first-order chi connectivity index (χ1) is 40.9. The lowest BCUT2D eigenvalue weighted by Gasteiger charge is -2.24. The number of hydrogen-bond donors (Lipinski definition) is 10. The summed E-state index contributed by atoms with van der Waals surface area (Å²) in [5.74, 6) is 1.57. The zero-order valence-electron chi connectivity index (χ0n) is 56.4. The molecule has 0 amide bonds. The first kappa shape index (κ1) is 89.8. The van der Waals surface area contributed by atoms with E-state index >= 15 is 0 Å². The Balaban J connectivity index is -0.000000476. The summed E-state index contributed by atoms with van der Waals surface area (Å²) in [5.41, 5.74) is 70.3. The molecule has 0 saturated heterocycles. The Labute approximate surface area is 552 Å². The van der Waals surface area contributed by atoms with Gasteiger partial charge in [-0.2, -0.15) is 0 Å². The molecule has 11 heteroatoms. The monoisotopic (exact) mass is 1250 g/mol. The second kappa shape index (κ2) is 52.0. The van der Waals surface area contributed by atoms with E-state index in [1.54, 1.807) is 11.8 Å². The van der Waals surface area contributed by atoms with Gasteiger partial charge in [-0.15, -0.1) is 11.8 Å². The van der Waals surface area contributed by atoms with Gasteiger partial charge in [-0.3, -0.25) is 0 Å². The van der Waals surface area contributed by atoms with Crippen LogP contribution < -0.4 is 57.3 Å². The van der Waals surface area contributed by atoms with Gasteiger partial charge in [0.25, 0.3) is 0 Å². The zero-order valence-corrected chi connectivity index (χ0v) is 57.2. The fraction of sp³-hybridized carbons (Fsp3) is 0.513. The molecule has 0 bridgehead atoms. The predicted molar refractivity (Wildman–Crippen MR) is 409 cm³/mol. The normalized spacial score (nSPS) is 15.3. The van der Waals surface area contributed by atoms with E-state index in [2.05, 4.69) is 168 Å². The molecule has 4 unspecified atom stereocenters. The third-order valence-corrected chi connectivity index (χ3v) is 15.6. The van der Waals surface area contributed by atoms with Gasteiger partial charge in [0, 0.05) is 39.7 Å². The number of unbranched alkanes of at least 4 members (excludes halogenated alkanes) is 2. The molecule has 3 aliphatic rings. The van der Waals surface area contributed by atoms with Crippen molar-refractivity contribution in [2.45, 2.75) is 218 Å². The Morgan fingerprint density at radius 2 is 0.888 bits per heavy atom. The molecule has 89 heavy (non-hydrogen) atoms. The van der Waals surface area contributed by atoms with Crippen molar-refractivity contribution in [3.63, 3.8) is 0 Å². The van der Waals surface area contributed by atoms with Crippen LogP contribution in [0, 0.1) is 24.2 Å². The lowest BCUT2D eigenvalue weighted by atomic mass is 9.86. The van der Waals surface area contributed by atoms with Crippen LogP contribution in [0.3, 0.4) is 0 Å². The van der Waals surface area contributed by atoms with Crippen LogP contribution >= 0.6 is 11.8 Å². The van der Waals surface area contributed by atoms with E-state index in [0.29, 0.717) is 17.5 Å². The summed E-state index contributed by atoms with van der Waals surface area (Å²) in [6, 6.07) is 48.2. The Morgan fingerprint density at radius 3 is 1.18 bits per heavy atom. The summed E-state index contributed by atoms with van der Waals surface area (Å²) in [4.78, 5) is 1.12. The minimum Gasteiger partial charge on any atom is -0.399 e. The molecule has 0 aromatic heterocycles. The average Bonchev–Trinajstić information content (AvgIpc) is 1.70. The van der Waals surface area contributed by atoms with Gasteiger partial charge < -0.3 is 57.3 Å². The maximum atomic E-state index is 6.02. The molecule has 504 valence electrons. The minimum absolute atomic E-state index is 0. The molecule has 20 N–H and O–H groups in total. The van der Waals surface area contributed by atoms with Gasteiger partial charge in [0.2, 0.25) is 0 Å². The van der Waals surface area contributed by atoms with E-state index < -0.39 is 0 Å². The van der Waals surface area contributed by atoms with Crippen molar-refractivity contribution in [1.29, 1.82) is 0 Å². The molecule has 2 saturated carbocycles. The Morgan fingerprint density at radius 1 is 0.483 bits per heavy atom. The number of thioether (sulfide) groups is 1. The molecule has 2 fully saturated rings. The Hall–Kier alpha value is -5.63. The SMILES string of the molecule is C.C.C.CC(C)(C)CN.CC(C)(C)c1ccccc1N.CC1CCCC1N.CC1CCCCC1N.CCCCN.CCCCN.CCCN.CCc1ccccc1N.CSc1cc(C=C2c3ccccc3-c3ccccc32)ccc1N.Cc1ccccc1N. The van der Waals surface area contributed by atoms with Gasteiger partial charge in [-0.1, -0.05) is 247 Å². The third-order valence-electron chi connectivity index (χ3n) is 14.8. The number of hydrogen-bond acceptors (Lipinski definition) is 11. The van der Waals surface area contributed by atoms with Crippen molar-refractivity contribution >= 4 is 46.2 Å². The summed E-state index contributed by atoms with van der Waals surface area (Å²) in [7, 11) is 0. The fourth-order valence-corrected chi connectivity index (χ4v) is 9.30. The first-order valence-corrected chi connectivity index (χ1v) is 33.2. The highest BCUT2D eigenvalue weighted by molar-refractivity contribution is 7.98. The largest absolute Gasteiger partial charge is 0.399 e. The summed E-state index contributed by atoms with van der Waals surface area (Å²) < 4.78 is 0. The molecule has 4 atom stereocenters. The van der Waals surface area contributed by atoms with Gasteiger partial charge in [-0.05, 0) is 200 Å². The number of rotatable bonds is 8. The molecule has 0 heterocycles. The van der Waals surface area contributed by atoms with Crippen molar-refractivity contribution in [2.24, 2.45) is 51.7 Å². The topological polar surface area (TPSA) is 260 Å². The van der Waals surface area contributed by atoms with Gasteiger partial charge in [0.05, 0.1) is 0 Å². The molecule has 0 radical (unpaired) electrons. The molecule has 0 aliphatic heterocycles. The van der Waals surface area contributed by atoms with E-state index in [4.69, 9.17) is 57.3 Å². The number of aryl methyl sites for hydroxylation is 2. The van der Waals surface area contributed by atoms with Crippen molar-refractivity contribution in [3.05, 3.63) is 173 Å². The van der Waals surface area contributed by atoms with Crippen molar-refractivity contribution < 1.29 is 0 Å². The molecule has 9 rings (SSSR count). The van der Waals surface area contributed by atoms with Crippen molar-refractivity contribution in [2.75, 3.05) is 55.4 Å². The van der Waals surface area contributed by atoms with Gasteiger partial charge in [0.15, 0.2) is 0 Å². The number of benzene rings is 6. The summed E-state index contributed by atoms with van der Waals surface area (Å²) in [5, 5.41) is 0. The lowest BCUT2D eigenvalue weighted by molar-refractivity contribution is 0.331. The van der Waals surface area contributed by atoms with Gasteiger partial charge >= 0.3 is 0 Å². The number of nitrogen functional groups attached to an aromatic ring is 4. The molecule has 6 aromatic rings. The van der Waals surface area contributed by atoms with Crippen LogP contribution in [0.5, 0.6) is 0 Å². The number of nitrogens with two attached hydrogens (primary N) is 10. The molecule has 6 aromatic carbocycles. The highest BCUT2D eigenvalue weighted by Gasteiger charge is 2.23. The smallest absolute Gasteiger partial charge is 0.0452 e. The molecular weight excluding hydrogens is 1110 g/mol. The lowest BCUT2D eigenvalue weighted by Crippen LogP contribution is -2.30. The third kappa shape index (κ3) is 38.6. The van der Waals surface area contributed by atoms with E-state index in [1.165, 1.54) is 115 Å². The predicted octanol–water partition coefficient (Wildman–Crippen LogP) is 18.9. The van der Waals surface area contributed by atoms with Crippen LogP contribution in [-0.2, 0) is 11.8 Å². The van der Waals surface area contributed by atoms with Crippen LogP contribution in [0.15, 0.2) is 144 Å². The standard InChI is InChI=1S/C21H17NS.C10H15N.C8H11N.C7H15N.C7H9N.C6H13N.C5H13N.2C4H11N.C3H9N.3CH4/c1-23-21-13-14(10-11-20(21)22)12-19-17-8-4-2-6-15(17)16-7-3-5-9-18(16)19;1-10(2,3)8-6-4-5-7-9(8)11;1-2-7-5-3-4-6-8(7)9;2*1-6-4-2-3-5-7(6)8;1-5-3-2-4-6(5)7;1-5(2,3)4-6;2*1-2-3-4-5;1-2-3-4;;;/h2-13H,22H2,1H3;4-7H,11H2,1-3H3;3-6H,2,9H2,1H3;6-7H,2-5,8H2,1H3;2-5H,8H2,1H3;5-6H,2-4,7H2,1H3;4,6H2,1-3H3;2*2-5H2,1H3;2-4H2,1H3;3*1H4. The van der Waals surface area contributed by atoms with E-state index in [1.807, 2.05) is 73.7 Å². The van der Waals surface area contributed by atoms with Gasteiger partial charge in [-0.25, -0.2) is 0 Å². The zero-order chi connectivity index (χ0) is 65.1. The van der Waals surface area contributed by atoms with Crippen LogP contribution in [0.1, 0.15) is 216 Å². The van der Waals surface area contributed by atoms with Crippen LogP contribution in [0.2, 0.25) is 0 Å². The second-order valence-corrected chi connectivity index (χ2v) is 25.6. The summed E-state index contributed by atoms with van der Waals surface area (Å²) in [6.07, 6.45) is 20.5. The van der Waals surface area contributed by atoms with E-state index in [-0.39, 0.29) is 27.7 Å². The van der Waals surface area contributed by atoms with E-state index in [0.717, 1.165) is 84.1 Å². The van der Waals surface area contributed by atoms with Crippen LogP contribution in [0.25, 0.3) is 22.8 Å². The fourth-order valence-electron chi connectivity index (χ4n) is 8.74. The van der Waals surface area contributed by atoms with Crippen molar-refractivity contribution in [3.8, 4) is 11.1 Å². The summed E-state index contributed by atoms with van der Waals surface area (Å²) >= 11 is 1.68. The van der Waals surface area contributed by atoms with Crippen LogP contribution in [-0.4, -0.2) is 44.5 Å². The number of fused-ring (bicyclic) bond motifs is 3. The highest BCUT2D eigenvalue weighted by Crippen LogP contribution is 2.45. The number of para-hydroxylation sites is 3. The molecule has 3 aliphatic carbocycles. The molecule has 0 spiro atoms. The molecule has 10 nitrogen and oxygen atoms in total. The first-order valence-electron chi connectivity index (χ1n) is 32.0. The maximum Gasteiger partial charge on any atom is 0.0452 e. The van der Waals surface area contributed by atoms with E-state index in [9.17, 15) is 0 Å². The van der Waals surface area contributed by atoms with Gasteiger partial charge in [0.1, 0.15) is 0 Å². The second-order valence-electron chi connectivity index (χ2n) is 24.7. The maximum absolute atomic E-state index is 6.02. The van der Waals surface area contributed by atoms with Crippen LogP contribution in [0.4, 0.5) is 22.7 Å². The van der Waals surface area contributed by atoms with Crippen molar-refractivity contribution in [1.82, 2.24) is 0 Å². The highest BCUT2D eigenvalue weighted by atomic mass is 32.2. The Kier molecular flexibility index (Phi) is 52.5. The molecular formula is C78H136N10S. The quantitative estimate of drug-likeness (QED) is 0.0505. The Bertz CT molecular complexity index is 2590. The summed E-state index contributed by atoms with van der Waals surface area (Å²) in [6.45, 7) is 31.0. The minimum atomic E-state index is 0.